The normalized spacial score (nSPS) is 13.9. The van der Waals surface area contributed by atoms with Gasteiger partial charge in [-0.2, -0.15) is 4.98 Å². The lowest BCUT2D eigenvalue weighted by atomic mass is 10.1. The maximum absolute atomic E-state index is 13.2. The van der Waals surface area contributed by atoms with E-state index >= 15 is 0 Å². The molecule has 1 amide bonds. The van der Waals surface area contributed by atoms with Crippen LogP contribution >= 0.6 is 27.3 Å². The van der Waals surface area contributed by atoms with Crippen molar-refractivity contribution in [1.82, 2.24) is 19.9 Å². The van der Waals surface area contributed by atoms with Gasteiger partial charge in [-0.1, -0.05) is 39.4 Å². The molecule has 0 spiro atoms. The molecule has 5 rings (SSSR count). The van der Waals surface area contributed by atoms with Crippen LogP contribution in [0.4, 0.5) is 16.2 Å². The number of piperazine rings is 1. The Labute approximate surface area is 213 Å². The van der Waals surface area contributed by atoms with Crippen LogP contribution in [0.3, 0.4) is 0 Å². The lowest BCUT2D eigenvalue weighted by Crippen LogP contribution is -2.50. The van der Waals surface area contributed by atoms with Crippen molar-refractivity contribution in [2.75, 3.05) is 43.4 Å². The number of aromatic nitrogens is 3. The van der Waals surface area contributed by atoms with Crippen molar-refractivity contribution in [1.29, 1.82) is 0 Å². The summed E-state index contributed by atoms with van der Waals surface area (Å²) in [5.74, 6) is 1.18. The van der Waals surface area contributed by atoms with Gasteiger partial charge in [-0.15, -0.1) is 0 Å². The Balaban J connectivity index is 1.25. The lowest BCUT2D eigenvalue weighted by Gasteiger charge is -2.35. The quantitative estimate of drug-likeness (QED) is 0.384. The van der Waals surface area contributed by atoms with Crippen LogP contribution in [0.1, 0.15) is 10.6 Å². The molecule has 2 N–H and O–H groups in total. The molecule has 1 saturated heterocycles. The molecule has 0 atom stereocenters. The number of carbonyl (C=O) groups is 1. The second-order valence-electron chi connectivity index (χ2n) is 8.08. The average molecular weight is 557 g/mol. The van der Waals surface area contributed by atoms with E-state index in [2.05, 4.69) is 30.8 Å². The number of nitrogens with two attached hydrogens (primary N) is 1. The first kappa shape index (κ1) is 23.4. The third kappa shape index (κ3) is 5.51. The fraction of sp³-hybridized carbons (Fsp3) is 0.250. The number of fused-ring (bicyclic) bond motifs is 1. The molecule has 180 valence electrons. The molecule has 11 heteroatoms. The number of amides is 1. The number of carbonyl (C=O) groups excluding carboxylic acids is 1. The van der Waals surface area contributed by atoms with Crippen LogP contribution in [0.25, 0.3) is 10.3 Å². The predicted molar refractivity (Wildman–Crippen MR) is 137 cm³/mol. The van der Waals surface area contributed by atoms with Crippen molar-refractivity contribution in [3.63, 3.8) is 0 Å². The van der Waals surface area contributed by atoms with Gasteiger partial charge in [0.1, 0.15) is 17.1 Å². The number of nitrogen functional groups attached to an aromatic ring is 1. The van der Waals surface area contributed by atoms with Gasteiger partial charge >= 0.3 is 0 Å². The minimum Gasteiger partial charge on any atom is -0.484 e. The van der Waals surface area contributed by atoms with Crippen LogP contribution in [-0.4, -0.2) is 58.5 Å². The lowest BCUT2D eigenvalue weighted by molar-refractivity contribution is -0.133. The first-order valence-electron chi connectivity index (χ1n) is 11.0. The molecule has 8 nitrogen and oxygen atoms in total. The molecular weight excluding hydrogens is 535 g/mol. The van der Waals surface area contributed by atoms with E-state index in [1.165, 1.54) is 23.5 Å². The van der Waals surface area contributed by atoms with E-state index in [4.69, 9.17) is 15.5 Å². The molecule has 1 fully saturated rings. The summed E-state index contributed by atoms with van der Waals surface area (Å²) in [4.78, 5) is 30.8. The molecular formula is C24H22BrFN6O2S. The highest BCUT2D eigenvalue weighted by Crippen LogP contribution is 2.30. The van der Waals surface area contributed by atoms with Crippen LogP contribution in [0.15, 0.2) is 53.0 Å². The molecule has 0 saturated carbocycles. The van der Waals surface area contributed by atoms with Gasteiger partial charge in [-0.3, -0.25) is 4.79 Å². The predicted octanol–water partition coefficient (Wildman–Crippen LogP) is 3.89. The van der Waals surface area contributed by atoms with Gasteiger partial charge in [-0.25, -0.2) is 14.4 Å². The number of hydrogen-bond acceptors (Lipinski definition) is 8. The number of anilines is 2. The van der Waals surface area contributed by atoms with E-state index in [0.717, 1.165) is 15.0 Å². The maximum atomic E-state index is 13.2. The largest absolute Gasteiger partial charge is 0.484 e. The molecule has 1 aliphatic rings. The van der Waals surface area contributed by atoms with Crippen molar-refractivity contribution in [3.05, 3.63) is 69.4 Å². The van der Waals surface area contributed by atoms with E-state index in [0.29, 0.717) is 54.5 Å². The van der Waals surface area contributed by atoms with Gasteiger partial charge in [0, 0.05) is 37.1 Å². The Morgan fingerprint density at radius 1 is 1.03 bits per heavy atom. The third-order valence-electron chi connectivity index (χ3n) is 5.68. The molecule has 1 aliphatic heterocycles. The number of nitrogens with zero attached hydrogens (tertiary/aromatic N) is 5. The number of ether oxygens (including phenoxy) is 1. The third-order valence-corrected chi connectivity index (χ3v) is 7.16. The topological polar surface area (TPSA) is 97.5 Å². The summed E-state index contributed by atoms with van der Waals surface area (Å²) in [6.45, 7) is 2.27. The Kier molecular flexibility index (Phi) is 6.78. The minimum atomic E-state index is -0.267. The van der Waals surface area contributed by atoms with Crippen molar-refractivity contribution < 1.29 is 13.9 Å². The monoisotopic (exact) mass is 556 g/mol. The summed E-state index contributed by atoms with van der Waals surface area (Å²) in [5, 5.41) is 0.853. The second kappa shape index (κ2) is 10.1. The van der Waals surface area contributed by atoms with Crippen LogP contribution in [0, 0.1) is 5.82 Å². The van der Waals surface area contributed by atoms with Gasteiger partial charge in [0.05, 0.1) is 5.01 Å². The molecule has 2 aromatic carbocycles. The van der Waals surface area contributed by atoms with Gasteiger partial charge in [0.25, 0.3) is 5.91 Å². The SMILES string of the molecule is Nc1nc(N2CCN(C(=O)COc3ccc(Br)cc3)CC2)c2nc(Cc3ccc(F)cc3)sc2n1. The van der Waals surface area contributed by atoms with E-state index < -0.39 is 0 Å². The van der Waals surface area contributed by atoms with E-state index in [9.17, 15) is 9.18 Å². The molecule has 2 aromatic heterocycles. The Morgan fingerprint density at radius 2 is 1.74 bits per heavy atom. The number of thiazole rings is 1. The molecule has 0 aliphatic carbocycles. The molecule has 0 unspecified atom stereocenters. The Morgan fingerprint density at radius 3 is 2.46 bits per heavy atom. The standard InChI is InChI=1S/C24H22BrFN6O2S/c25-16-3-7-18(8-4-16)34-14-20(33)31-9-11-32(12-10-31)22-21-23(30-24(27)29-22)35-19(28-21)13-15-1-5-17(26)6-2-15/h1-8H,9-14H2,(H2,27,29,30). The smallest absolute Gasteiger partial charge is 0.260 e. The zero-order valence-corrected chi connectivity index (χ0v) is 21.1. The highest BCUT2D eigenvalue weighted by Gasteiger charge is 2.25. The maximum Gasteiger partial charge on any atom is 0.260 e. The molecule has 4 aromatic rings. The highest BCUT2D eigenvalue weighted by atomic mass is 79.9. The van der Waals surface area contributed by atoms with Gasteiger partial charge in [0.2, 0.25) is 5.95 Å². The zero-order chi connectivity index (χ0) is 24.4. The molecule has 0 bridgehead atoms. The summed E-state index contributed by atoms with van der Waals surface area (Å²) < 4.78 is 19.8. The summed E-state index contributed by atoms with van der Waals surface area (Å²) in [6, 6.07) is 13.8. The van der Waals surface area contributed by atoms with Crippen molar-refractivity contribution in [2.24, 2.45) is 0 Å². The van der Waals surface area contributed by atoms with Gasteiger partial charge < -0.3 is 20.3 Å². The summed E-state index contributed by atoms with van der Waals surface area (Å²) in [7, 11) is 0. The fourth-order valence-corrected chi connectivity index (χ4v) is 5.11. The van der Waals surface area contributed by atoms with Crippen LogP contribution in [0.2, 0.25) is 0 Å². The zero-order valence-electron chi connectivity index (χ0n) is 18.7. The van der Waals surface area contributed by atoms with E-state index in [1.54, 1.807) is 17.0 Å². The first-order valence-corrected chi connectivity index (χ1v) is 12.6. The van der Waals surface area contributed by atoms with Gasteiger partial charge in [-0.05, 0) is 42.0 Å². The number of benzene rings is 2. The summed E-state index contributed by atoms with van der Waals surface area (Å²) in [6.07, 6.45) is 0.571. The van der Waals surface area contributed by atoms with Crippen molar-refractivity contribution in [3.8, 4) is 5.75 Å². The number of halogens is 2. The first-order chi connectivity index (χ1) is 16.9. The number of hydrogen-bond donors (Lipinski definition) is 1. The molecule has 35 heavy (non-hydrogen) atoms. The van der Waals surface area contributed by atoms with Crippen LogP contribution in [-0.2, 0) is 11.2 Å². The molecule has 3 heterocycles. The number of rotatable bonds is 6. The average Bonchev–Trinajstić information content (AvgIpc) is 3.26. The van der Waals surface area contributed by atoms with Gasteiger partial charge in [0.15, 0.2) is 17.3 Å². The summed E-state index contributed by atoms with van der Waals surface area (Å²) >= 11 is 4.83. The van der Waals surface area contributed by atoms with Crippen molar-refractivity contribution in [2.45, 2.75) is 6.42 Å². The van der Waals surface area contributed by atoms with E-state index in [-0.39, 0.29) is 24.3 Å². The second-order valence-corrected chi connectivity index (χ2v) is 10.1. The van der Waals surface area contributed by atoms with Crippen LogP contribution in [0.5, 0.6) is 5.75 Å². The van der Waals surface area contributed by atoms with Crippen LogP contribution < -0.4 is 15.4 Å². The molecule has 0 radical (unpaired) electrons. The Hall–Kier alpha value is -3.31. The van der Waals surface area contributed by atoms with E-state index in [1.807, 2.05) is 24.3 Å². The fourth-order valence-electron chi connectivity index (χ4n) is 3.87. The Bertz CT molecular complexity index is 1340. The van der Waals surface area contributed by atoms with Crippen molar-refractivity contribution >= 4 is 55.3 Å². The summed E-state index contributed by atoms with van der Waals surface area (Å²) in [5.41, 5.74) is 7.65. The minimum absolute atomic E-state index is 0.00877. The highest BCUT2D eigenvalue weighted by molar-refractivity contribution is 9.10.